The molecule has 4 heteroatoms. The highest BCUT2D eigenvalue weighted by Crippen LogP contribution is 2.28. The Morgan fingerprint density at radius 1 is 1.62 bits per heavy atom. The second-order valence-corrected chi connectivity index (χ2v) is 4.29. The topological polar surface area (TPSA) is 55.1 Å². The van der Waals surface area contributed by atoms with Crippen LogP contribution in [0.15, 0.2) is 24.3 Å². The number of hydrogen-bond acceptors (Lipinski definition) is 2. The second kappa shape index (κ2) is 4.22. The van der Waals surface area contributed by atoms with Gasteiger partial charge in [-0.3, -0.25) is 4.79 Å². The summed E-state index contributed by atoms with van der Waals surface area (Å²) in [6.07, 6.45) is 0.752. The molecule has 1 amide bonds. The van der Waals surface area contributed by atoms with E-state index in [0.717, 1.165) is 12.0 Å². The summed E-state index contributed by atoms with van der Waals surface area (Å²) in [4.78, 5) is 11.6. The Labute approximate surface area is 93.8 Å². The number of nitrogens with two attached hydrogens (primary N) is 1. The molecule has 0 radical (unpaired) electrons. The molecule has 1 fully saturated rings. The normalized spacial score (nSPS) is 24.9. The van der Waals surface area contributed by atoms with Gasteiger partial charge in [-0.05, 0) is 31.0 Å². The highest BCUT2D eigenvalue weighted by molar-refractivity contribution is 5.82. The van der Waals surface area contributed by atoms with Gasteiger partial charge < -0.3 is 11.1 Å². The van der Waals surface area contributed by atoms with Crippen LogP contribution in [-0.2, 0) is 4.79 Å². The summed E-state index contributed by atoms with van der Waals surface area (Å²) in [5.74, 6) is -0.387. The number of carbonyl (C=O) groups is 1. The summed E-state index contributed by atoms with van der Waals surface area (Å²) in [6.45, 7) is 1.83. The number of rotatable bonds is 3. The number of hydrogen-bond donors (Lipinski definition) is 2. The Kier molecular flexibility index (Phi) is 2.92. The molecule has 3 nitrogen and oxygen atoms in total. The van der Waals surface area contributed by atoms with Gasteiger partial charge in [0, 0.05) is 6.04 Å². The van der Waals surface area contributed by atoms with Gasteiger partial charge in [-0.25, -0.2) is 4.39 Å². The molecule has 0 aliphatic heterocycles. The Bertz CT molecular complexity index is 408. The van der Waals surface area contributed by atoms with Crippen LogP contribution in [0.25, 0.3) is 0 Å². The maximum absolute atomic E-state index is 13.0. The molecular formula is C12H15FN2O. The first-order valence-electron chi connectivity index (χ1n) is 5.39. The van der Waals surface area contributed by atoms with Crippen molar-refractivity contribution in [2.75, 3.05) is 0 Å². The van der Waals surface area contributed by atoms with Crippen molar-refractivity contribution in [3.05, 3.63) is 35.6 Å². The van der Waals surface area contributed by atoms with Crippen molar-refractivity contribution in [1.82, 2.24) is 5.32 Å². The number of benzene rings is 1. The standard InChI is InChI=1S/C12H15FN2O/c1-7(8-3-2-4-9(13)5-8)15-12(16)10-6-11(10)14/h2-5,7,10-11H,6,14H2,1H3,(H,15,16). The Balaban J connectivity index is 1.97. The maximum atomic E-state index is 13.0. The van der Waals surface area contributed by atoms with Gasteiger partial charge in [0.25, 0.3) is 0 Å². The molecule has 86 valence electrons. The molecule has 0 bridgehead atoms. The van der Waals surface area contributed by atoms with Crippen molar-refractivity contribution in [1.29, 1.82) is 0 Å². The average Bonchev–Trinajstić information content (AvgIpc) is 2.95. The lowest BCUT2D eigenvalue weighted by Crippen LogP contribution is -2.30. The van der Waals surface area contributed by atoms with E-state index in [4.69, 9.17) is 5.73 Å². The Morgan fingerprint density at radius 3 is 2.88 bits per heavy atom. The quantitative estimate of drug-likeness (QED) is 0.811. The Hall–Kier alpha value is -1.42. The van der Waals surface area contributed by atoms with Crippen LogP contribution < -0.4 is 11.1 Å². The van der Waals surface area contributed by atoms with E-state index in [-0.39, 0.29) is 29.7 Å². The second-order valence-electron chi connectivity index (χ2n) is 4.29. The van der Waals surface area contributed by atoms with E-state index in [1.54, 1.807) is 12.1 Å². The molecule has 0 saturated heterocycles. The number of amides is 1. The van der Waals surface area contributed by atoms with Gasteiger partial charge in [-0.1, -0.05) is 12.1 Å². The van der Waals surface area contributed by atoms with Crippen LogP contribution in [0.5, 0.6) is 0 Å². The summed E-state index contributed by atoms with van der Waals surface area (Å²) in [7, 11) is 0. The summed E-state index contributed by atoms with van der Waals surface area (Å²) >= 11 is 0. The minimum absolute atomic E-state index is 0.000269. The van der Waals surface area contributed by atoms with Crippen LogP contribution in [0.4, 0.5) is 4.39 Å². The van der Waals surface area contributed by atoms with Crippen molar-refractivity contribution in [3.63, 3.8) is 0 Å². The lowest BCUT2D eigenvalue weighted by molar-refractivity contribution is -0.123. The van der Waals surface area contributed by atoms with Crippen molar-refractivity contribution in [2.45, 2.75) is 25.4 Å². The van der Waals surface area contributed by atoms with E-state index in [2.05, 4.69) is 5.32 Å². The van der Waals surface area contributed by atoms with Gasteiger partial charge in [-0.2, -0.15) is 0 Å². The van der Waals surface area contributed by atoms with Crippen LogP contribution >= 0.6 is 0 Å². The van der Waals surface area contributed by atoms with Crippen molar-refractivity contribution >= 4 is 5.91 Å². The third kappa shape index (κ3) is 2.39. The molecule has 1 aromatic carbocycles. The van der Waals surface area contributed by atoms with Crippen LogP contribution in [0.2, 0.25) is 0 Å². The smallest absolute Gasteiger partial charge is 0.225 e. The van der Waals surface area contributed by atoms with Crippen LogP contribution in [0.3, 0.4) is 0 Å². The largest absolute Gasteiger partial charge is 0.349 e. The van der Waals surface area contributed by atoms with Gasteiger partial charge >= 0.3 is 0 Å². The molecule has 0 heterocycles. The van der Waals surface area contributed by atoms with E-state index < -0.39 is 0 Å². The van der Waals surface area contributed by atoms with E-state index >= 15 is 0 Å². The highest BCUT2D eigenvalue weighted by Gasteiger charge is 2.40. The molecule has 2 rings (SSSR count). The van der Waals surface area contributed by atoms with Crippen LogP contribution in [-0.4, -0.2) is 11.9 Å². The summed E-state index contributed by atoms with van der Waals surface area (Å²) in [5, 5.41) is 2.83. The van der Waals surface area contributed by atoms with Crippen molar-refractivity contribution in [3.8, 4) is 0 Å². The number of carbonyl (C=O) groups excluding carboxylic acids is 1. The third-order valence-electron chi connectivity index (χ3n) is 2.88. The van der Waals surface area contributed by atoms with Gasteiger partial charge in [0.1, 0.15) is 5.82 Å². The van der Waals surface area contributed by atoms with Gasteiger partial charge in [0.15, 0.2) is 0 Å². The summed E-state index contributed by atoms with van der Waals surface area (Å²) < 4.78 is 13.0. The van der Waals surface area contributed by atoms with E-state index in [1.165, 1.54) is 12.1 Å². The van der Waals surface area contributed by atoms with Crippen molar-refractivity contribution in [2.24, 2.45) is 11.7 Å². The van der Waals surface area contributed by atoms with Gasteiger partial charge in [-0.15, -0.1) is 0 Å². The van der Waals surface area contributed by atoms with Gasteiger partial charge in [0.2, 0.25) is 5.91 Å². The zero-order chi connectivity index (χ0) is 11.7. The first kappa shape index (κ1) is 11.1. The Morgan fingerprint density at radius 2 is 2.31 bits per heavy atom. The molecule has 1 saturated carbocycles. The number of nitrogens with one attached hydrogen (secondary N) is 1. The summed E-state index contributed by atoms with van der Waals surface area (Å²) in [5.41, 5.74) is 6.35. The minimum atomic E-state index is -0.290. The van der Waals surface area contributed by atoms with E-state index in [9.17, 15) is 9.18 Å². The van der Waals surface area contributed by atoms with E-state index in [1.807, 2.05) is 6.92 Å². The molecule has 1 aromatic rings. The maximum Gasteiger partial charge on any atom is 0.225 e. The van der Waals surface area contributed by atoms with Gasteiger partial charge in [0.05, 0.1) is 12.0 Å². The molecule has 3 unspecified atom stereocenters. The predicted molar refractivity (Wildman–Crippen MR) is 59.0 cm³/mol. The highest BCUT2D eigenvalue weighted by atomic mass is 19.1. The van der Waals surface area contributed by atoms with Crippen molar-refractivity contribution < 1.29 is 9.18 Å². The lowest BCUT2D eigenvalue weighted by atomic mass is 10.1. The van der Waals surface area contributed by atoms with E-state index in [0.29, 0.717) is 0 Å². The molecule has 1 aliphatic carbocycles. The molecule has 0 aromatic heterocycles. The molecule has 1 aliphatic rings. The zero-order valence-electron chi connectivity index (χ0n) is 9.11. The molecule has 3 atom stereocenters. The molecule has 3 N–H and O–H groups in total. The summed E-state index contributed by atoms with van der Waals surface area (Å²) in [6, 6.07) is 6.06. The van der Waals surface area contributed by atoms with Crippen LogP contribution in [0, 0.1) is 11.7 Å². The molecular weight excluding hydrogens is 207 g/mol. The van der Waals surface area contributed by atoms with Crippen LogP contribution in [0.1, 0.15) is 24.9 Å². The fourth-order valence-electron chi connectivity index (χ4n) is 1.70. The SMILES string of the molecule is CC(NC(=O)C1CC1N)c1cccc(F)c1. The minimum Gasteiger partial charge on any atom is -0.349 e. The third-order valence-corrected chi connectivity index (χ3v) is 2.88. The lowest BCUT2D eigenvalue weighted by Gasteiger charge is -2.14. The fraction of sp³-hybridized carbons (Fsp3) is 0.417. The first-order chi connectivity index (χ1) is 7.58. The molecule has 0 spiro atoms. The fourth-order valence-corrected chi connectivity index (χ4v) is 1.70. The molecule has 16 heavy (non-hydrogen) atoms. The average molecular weight is 222 g/mol. The zero-order valence-corrected chi connectivity index (χ0v) is 9.11. The number of halogens is 1. The predicted octanol–water partition coefficient (Wildman–Crippen LogP) is 1.35. The first-order valence-corrected chi connectivity index (χ1v) is 5.39. The monoisotopic (exact) mass is 222 g/mol.